The molecule has 0 amide bonds. The van der Waals surface area contributed by atoms with Crippen molar-refractivity contribution in [3.8, 4) is 23.0 Å². The molecule has 1 aliphatic rings. The van der Waals surface area contributed by atoms with Gasteiger partial charge < -0.3 is 34.5 Å². The summed E-state index contributed by atoms with van der Waals surface area (Å²) in [6.07, 6.45) is 5.48. The first-order valence-corrected chi connectivity index (χ1v) is 12.7. The number of hydrogen-bond acceptors (Lipinski definition) is 7. The highest BCUT2D eigenvalue weighted by atomic mass is 16.5. The van der Waals surface area contributed by atoms with Crippen LogP contribution in [-0.2, 0) is 16.1 Å². The molecule has 1 aliphatic carbocycles. The zero-order chi connectivity index (χ0) is 27.2. The Morgan fingerprint density at radius 2 is 1.57 bits per heavy atom. The van der Waals surface area contributed by atoms with Gasteiger partial charge in [0.25, 0.3) is 0 Å². The highest BCUT2D eigenvalue weighted by Gasteiger charge is 2.16. The Balaban J connectivity index is 0.000000717. The van der Waals surface area contributed by atoms with E-state index in [1.54, 1.807) is 0 Å². The fourth-order valence-electron chi connectivity index (χ4n) is 3.69. The molecule has 1 saturated carbocycles. The number of aliphatic carboxylic acids is 2. The maximum Gasteiger partial charge on any atom is 0.414 e. The second-order valence-corrected chi connectivity index (χ2v) is 9.25. The summed E-state index contributed by atoms with van der Waals surface area (Å²) in [5.74, 6) is -0.443. The van der Waals surface area contributed by atoms with Crippen molar-refractivity contribution in [3.05, 3.63) is 48.0 Å². The summed E-state index contributed by atoms with van der Waals surface area (Å²) in [5, 5.41) is 18.2. The lowest BCUT2D eigenvalue weighted by molar-refractivity contribution is -0.159. The van der Waals surface area contributed by atoms with Crippen LogP contribution in [0.3, 0.4) is 0 Å². The standard InChI is InChI=1S/C26H37NO4.C2H2O4/c1-19(2)29-24-12-13-25(30-20(3)4)26(17-24)28-15-14-27-18-21-8-7-11-23(16-21)31-22-9-5-6-10-22;3-1(4)2(5)6/h7-8,11-13,16-17,19-20,22,27H,5-6,9-10,14-15,18H2,1-4H3;(H,3,4)(H,5,6). The van der Waals surface area contributed by atoms with Gasteiger partial charge in [0.2, 0.25) is 0 Å². The Bertz CT molecular complexity index is 974. The van der Waals surface area contributed by atoms with Crippen molar-refractivity contribution in [2.75, 3.05) is 13.2 Å². The number of nitrogens with one attached hydrogen (secondary N) is 1. The summed E-state index contributed by atoms with van der Waals surface area (Å²) >= 11 is 0. The summed E-state index contributed by atoms with van der Waals surface area (Å²) in [5.41, 5.74) is 1.21. The molecule has 0 spiro atoms. The molecule has 37 heavy (non-hydrogen) atoms. The van der Waals surface area contributed by atoms with Crippen LogP contribution >= 0.6 is 0 Å². The molecule has 0 heterocycles. The third-order valence-electron chi connectivity index (χ3n) is 5.20. The second kappa shape index (κ2) is 15.6. The minimum atomic E-state index is -1.82. The summed E-state index contributed by atoms with van der Waals surface area (Å²) in [4.78, 5) is 18.2. The van der Waals surface area contributed by atoms with Crippen molar-refractivity contribution in [1.29, 1.82) is 0 Å². The normalized spacial score (nSPS) is 13.1. The lowest BCUT2D eigenvalue weighted by atomic mass is 10.2. The van der Waals surface area contributed by atoms with Gasteiger partial charge in [-0.25, -0.2) is 9.59 Å². The maximum atomic E-state index is 9.10. The van der Waals surface area contributed by atoms with Crippen LogP contribution < -0.4 is 24.3 Å². The highest BCUT2D eigenvalue weighted by molar-refractivity contribution is 6.27. The summed E-state index contributed by atoms with van der Waals surface area (Å²) in [6.45, 7) is 10.1. The zero-order valence-corrected chi connectivity index (χ0v) is 22.1. The van der Waals surface area contributed by atoms with E-state index < -0.39 is 11.9 Å². The average molecular weight is 518 g/mol. The van der Waals surface area contributed by atoms with E-state index in [0.717, 1.165) is 30.3 Å². The van der Waals surface area contributed by atoms with Crippen molar-refractivity contribution >= 4 is 11.9 Å². The first kappa shape index (κ1) is 29.8. The molecular weight excluding hydrogens is 478 g/mol. The fraction of sp³-hybridized carbons (Fsp3) is 0.500. The number of hydrogen-bond donors (Lipinski definition) is 3. The van der Waals surface area contributed by atoms with Crippen LogP contribution in [0, 0.1) is 0 Å². The number of carboxylic acids is 2. The Labute approximate surface area is 218 Å². The quantitative estimate of drug-likeness (QED) is 0.266. The van der Waals surface area contributed by atoms with Crippen LogP contribution in [0.15, 0.2) is 42.5 Å². The molecule has 9 heteroatoms. The van der Waals surface area contributed by atoms with Crippen LogP contribution in [-0.4, -0.2) is 53.6 Å². The summed E-state index contributed by atoms with van der Waals surface area (Å²) in [7, 11) is 0. The van der Waals surface area contributed by atoms with Crippen LogP contribution in [0.25, 0.3) is 0 Å². The fourth-order valence-corrected chi connectivity index (χ4v) is 3.69. The number of benzene rings is 2. The minimum Gasteiger partial charge on any atom is -0.491 e. The SMILES string of the molecule is CC(C)Oc1ccc(OC(C)C)c(OCCNCc2cccc(OC3CCCC3)c2)c1.O=C(O)C(=O)O. The van der Waals surface area contributed by atoms with Crippen molar-refractivity contribution < 1.29 is 38.7 Å². The average Bonchev–Trinajstić information content (AvgIpc) is 3.33. The molecule has 1 fully saturated rings. The van der Waals surface area contributed by atoms with Crippen LogP contribution in [0.2, 0.25) is 0 Å². The highest BCUT2D eigenvalue weighted by Crippen LogP contribution is 2.32. The number of carboxylic acid groups (broad SMARTS) is 2. The van der Waals surface area contributed by atoms with E-state index in [-0.39, 0.29) is 12.2 Å². The number of carbonyl (C=O) groups is 2. The molecular formula is C28H39NO8. The van der Waals surface area contributed by atoms with Crippen molar-refractivity contribution in [2.24, 2.45) is 0 Å². The van der Waals surface area contributed by atoms with Crippen molar-refractivity contribution in [2.45, 2.75) is 78.2 Å². The Morgan fingerprint density at radius 1 is 0.892 bits per heavy atom. The first-order valence-electron chi connectivity index (χ1n) is 12.7. The van der Waals surface area contributed by atoms with Gasteiger partial charge in [0.15, 0.2) is 11.5 Å². The van der Waals surface area contributed by atoms with E-state index in [1.807, 2.05) is 52.0 Å². The van der Waals surface area contributed by atoms with E-state index in [2.05, 4.69) is 23.5 Å². The summed E-state index contributed by atoms with van der Waals surface area (Å²) in [6, 6.07) is 14.1. The van der Waals surface area contributed by atoms with Gasteiger partial charge in [-0.3, -0.25) is 0 Å². The van der Waals surface area contributed by atoms with Crippen molar-refractivity contribution in [1.82, 2.24) is 5.32 Å². The molecule has 3 N–H and O–H groups in total. The van der Waals surface area contributed by atoms with Gasteiger partial charge in [-0.1, -0.05) is 12.1 Å². The second-order valence-electron chi connectivity index (χ2n) is 9.25. The molecule has 0 aliphatic heterocycles. The predicted molar refractivity (Wildman–Crippen MR) is 140 cm³/mol. The molecule has 0 atom stereocenters. The molecule has 204 valence electrons. The van der Waals surface area contributed by atoms with Gasteiger partial charge in [0, 0.05) is 19.2 Å². The maximum absolute atomic E-state index is 9.10. The van der Waals surface area contributed by atoms with Gasteiger partial charge >= 0.3 is 11.9 Å². The minimum absolute atomic E-state index is 0.0797. The predicted octanol–water partition coefficient (Wildman–Crippen LogP) is 4.91. The topological polar surface area (TPSA) is 124 Å². The van der Waals surface area contributed by atoms with Crippen molar-refractivity contribution in [3.63, 3.8) is 0 Å². The van der Waals surface area contributed by atoms with Crippen LogP contribution in [0.4, 0.5) is 0 Å². The third kappa shape index (κ3) is 11.9. The van der Waals surface area contributed by atoms with Crippen LogP contribution in [0.5, 0.6) is 23.0 Å². The molecule has 2 aromatic rings. The van der Waals surface area contributed by atoms with Gasteiger partial charge in [-0.15, -0.1) is 0 Å². The third-order valence-corrected chi connectivity index (χ3v) is 5.20. The van der Waals surface area contributed by atoms with Gasteiger partial charge in [-0.2, -0.15) is 0 Å². The van der Waals surface area contributed by atoms with E-state index in [0.29, 0.717) is 18.5 Å². The molecule has 3 rings (SSSR count). The smallest absolute Gasteiger partial charge is 0.414 e. The molecule has 9 nitrogen and oxygen atoms in total. The number of rotatable bonds is 12. The molecule has 0 unspecified atom stereocenters. The van der Waals surface area contributed by atoms with E-state index in [1.165, 1.54) is 31.2 Å². The van der Waals surface area contributed by atoms with E-state index in [4.69, 9.17) is 38.7 Å². The largest absolute Gasteiger partial charge is 0.491 e. The van der Waals surface area contributed by atoms with E-state index in [9.17, 15) is 0 Å². The van der Waals surface area contributed by atoms with Gasteiger partial charge in [0.05, 0.1) is 18.3 Å². The monoisotopic (exact) mass is 517 g/mol. The molecule has 2 aromatic carbocycles. The molecule has 0 radical (unpaired) electrons. The van der Waals surface area contributed by atoms with Gasteiger partial charge in [-0.05, 0) is 83.2 Å². The summed E-state index contributed by atoms with van der Waals surface area (Å²) < 4.78 is 23.8. The Kier molecular flexibility index (Phi) is 12.6. The number of ether oxygens (including phenoxy) is 4. The van der Waals surface area contributed by atoms with Gasteiger partial charge in [0.1, 0.15) is 18.1 Å². The lowest BCUT2D eigenvalue weighted by Gasteiger charge is -2.17. The molecule has 0 saturated heterocycles. The first-order chi connectivity index (χ1) is 17.6. The molecule has 0 aromatic heterocycles. The molecule has 0 bridgehead atoms. The lowest BCUT2D eigenvalue weighted by Crippen LogP contribution is -2.21. The zero-order valence-electron chi connectivity index (χ0n) is 22.1. The Hall–Kier alpha value is -3.46. The van der Waals surface area contributed by atoms with E-state index >= 15 is 0 Å². The Morgan fingerprint density at radius 3 is 2.19 bits per heavy atom. The van der Waals surface area contributed by atoms with Crippen LogP contribution in [0.1, 0.15) is 58.9 Å².